The maximum Gasteiger partial charge on any atom is 0.0577 e. The normalized spacial score (nSPS) is 40.4. The third-order valence-corrected chi connectivity index (χ3v) is 5.55. The average Bonchev–Trinajstić information content (AvgIpc) is 2.46. The lowest BCUT2D eigenvalue weighted by Gasteiger charge is -2.44. The van der Waals surface area contributed by atoms with Gasteiger partial charge in [-0.1, -0.05) is 36.0 Å². The van der Waals surface area contributed by atoms with Crippen LogP contribution in [0.2, 0.25) is 0 Å². The standard InChI is InChI=1S/C18H22O/c19-14-7-10-16-13(11-14)6-9-17-15-4-2-1-3-12(15)5-8-18(16)17/h1-2,4,6,9,12,14,16,18-19H,3,5,7-8,10-11H2. The van der Waals surface area contributed by atoms with E-state index < -0.39 is 0 Å². The molecule has 4 unspecified atom stereocenters. The smallest absolute Gasteiger partial charge is 0.0577 e. The summed E-state index contributed by atoms with van der Waals surface area (Å²) >= 11 is 0. The van der Waals surface area contributed by atoms with Crippen molar-refractivity contribution in [3.8, 4) is 0 Å². The Morgan fingerprint density at radius 1 is 0.895 bits per heavy atom. The Hall–Kier alpha value is -1.08. The Kier molecular flexibility index (Phi) is 2.77. The first kappa shape index (κ1) is 11.7. The Balaban J connectivity index is 1.71. The van der Waals surface area contributed by atoms with Gasteiger partial charge in [-0.15, -0.1) is 0 Å². The summed E-state index contributed by atoms with van der Waals surface area (Å²) in [6, 6.07) is 0. The quantitative estimate of drug-likeness (QED) is 0.694. The number of hydrogen-bond acceptors (Lipinski definition) is 1. The molecule has 19 heavy (non-hydrogen) atoms. The summed E-state index contributed by atoms with van der Waals surface area (Å²) in [7, 11) is 0. The van der Waals surface area contributed by atoms with E-state index in [4.69, 9.17) is 0 Å². The van der Waals surface area contributed by atoms with Crippen LogP contribution in [0.5, 0.6) is 0 Å². The van der Waals surface area contributed by atoms with Crippen LogP contribution in [0.4, 0.5) is 0 Å². The summed E-state index contributed by atoms with van der Waals surface area (Å²) in [6.45, 7) is 0. The first-order valence-corrected chi connectivity index (χ1v) is 7.78. The molecule has 0 spiro atoms. The van der Waals surface area contributed by atoms with Crippen molar-refractivity contribution in [1.29, 1.82) is 0 Å². The van der Waals surface area contributed by atoms with E-state index in [1.807, 2.05) is 0 Å². The van der Waals surface area contributed by atoms with Crippen LogP contribution >= 0.6 is 0 Å². The summed E-state index contributed by atoms with van der Waals surface area (Å²) in [5, 5.41) is 9.85. The molecule has 1 nitrogen and oxygen atoms in total. The fourth-order valence-electron chi connectivity index (χ4n) is 4.60. The zero-order chi connectivity index (χ0) is 12.8. The van der Waals surface area contributed by atoms with Crippen molar-refractivity contribution in [1.82, 2.24) is 0 Å². The first-order chi connectivity index (χ1) is 9.33. The van der Waals surface area contributed by atoms with Crippen molar-refractivity contribution in [3.63, 3.8) is 0 Å². The third kappa shape index (κ3) is 1.87. The molecule has 0 aromatic rings. The number of fused-ring (bicyclic) bond motifs is 5. The molecule has 0 heterocycles. The fourth-order valence-corrected chi connectivity index (χ4v) is 4.60. The third-order valence-electron chi connectivity index (χ3n) is 5.55. The minimum absolute atomic E-state index is 0.0920. The second-order valence-corrected chi connectivity index (χ2v) is 6.57. The van der Waals surface area contributed by atoms with Gasteiger partial charge in [0.25, 0.3) is 0 Å². The second kappa shape index (κ2) is 4.49. The highest BCUT2D eigenvalue weighted by atomic mass is 16.3. The van der Waals surface area contributed by atoms with Gasteiger partial charge in [-0.25, -0.2) is 0 Å². The van der Waals surface area contributed by atoms with Crippen LogP contribution in [-0.4, -0.2) is 11.2 Å². The molecular formula is C18H22O. The lowest BCUT2D eigenvalue weighted by molar-refractivity contribution is 0.123. The summed E-state index contributed by atoms with van der Waals surface area (Å²) in [5.41, 5.74) is 4.74. The molecule has 4 aliphatic rings. The topological polar surface area (TPSA) is 20.2 Å². The van der Waals surface area contributed by atoms with Gasteiger partial charge in [-0.05, 0) is 67.4 Å². The van der Waals surface area contributed by atoms with Crippen molar-refractivity contribution < 1.29 is 5.11 Å². The monoisotopic (exact) mass is 254 g/mol. The molecule has 0 aromatic heterocycles. The number of hydrogen-bond donors (Lipinski definition) is 1. The molecule has 4 aliphatic carbocycles. The molecule has 0 bridgehead atoms. The van der Waals surface area contributed by atoms with Crippen LogP contribution < -0.4 is 0 Å². The van der Waals surface area contributed by atoms with Crippen molar-refractivity contribution in [3.05, 3.63) is 47.1 Å². The van der Waals surface area contributed by atoms with E-state index in [-0.39, 0.29) is 6.10 Å². The SMILES string of the molecule is OC1CCC2C(=CC=C3C4=CC=CCC4CCC32)C1. The van der Waals surface area contributed by atoms with Gasteiger partial charge in [0.05, 0.1) is 6.10 Å². The molecule has 0 aromatic carbocycles. The van der Waals surface area contributed by atoms with E-state index in [1.54, 1.807) is 11.1 Å². The summed E-state index contributed by atoms with van der Waals surface area (Å²) < 4.78 is 0. The highest BCUT2D eigenvalue weighted by Crippen LogP contribution is 2.50. The van der Waals surface area contributed by atoms with Gasteiger partial charge < -0.3 is 5.11 Å². The second-order valence-electron chi connectivity index (χ2n) is 6.57. The zero-order valence-corrected chi connectivity index (χ0v) is 11.4. The highest BCUT2D eigenvalue weighted by Gasteiger charge is 2.39. The highest BCUT2D eigenvalue weighted by molar-refractivity contribution is 5.47. The lowest BCUT2D eigenvalue weighted by atomic mass is 9.61. The van der Waals surface area contributed by atoms with E-state index in [9.17, 15) is 5.11 Å². The Morgan fingerprint density at radius 3 is 2.74 bits per heavy atom. The number of rotatable bonds is 0. The van der Waals surface area contributed by atoms with Gasteiger partial charge in [0.2, 0.25) is 0 Å². The van der Waals surface area contributed by atoms with E-state index >= 15 is 0 Å². The molecule has 1 heteroatoms. The van der Waals surface area contributed by atoms with Gasteiger partial charge >= 0.3 is 0 Å². The van der Waals surface area contributed by atoms with E-state index in [0.29, 0.717) is 0 Å². The number of aliphatic hydroxyl groups is 1. The van der Waals surface area contributed by atoms with Crippen LogP contribution in [0.3, 0.4) is 0 Å². The number of allylic oxidation sites excluding steroid dienone is 7. The van der Waals surface area contributed by atoms with Gasteiger partial charge in [0, 0.05) is 0 Å². The zero-order valence-electron chi connectivity index (χ0n) is 11.4. The molecule has 2 fully saturated rings. The van der Waals surface area contributed by atoms with Crippen molar-refractivity contribution in [2.45, 2.75) is 44.6 Å². The Labute approximate surface area is 115 Å². The molecule has 4 atom stereocenters. The maximum atomic E-state index is 9.85. The van der Waals surface area contributed by atoms with Crippen molar-refractivity contribution in [2.75, 3.05) is 0 Å². The molecule has 0 aliphatic heterocycles. The van der Waals surface area contributed by atoms with Crippen molar-refractivity contribution >= 4 is 0 Å². The molecule has 4 rings (SSSR count). The van der Waals surface area contributed by atoms with E-state index in [2.05, 4.69) is 30.4 Å². The largest absolute Gasteiger partial charge is 0.393 e. The Bertz CT molecular complexity index is 506. The van der Waals surface area contributed by atoms with E-state index in [1.165, 1.54) is 31.3 Å². The lowest BCUT2D eigenvalue weighted by Crippen LogP contribution is -2.33. The first-order valence-electron chi connectivity index (χ1n) is 7.78. The molecule has 100 valence electrons. The van der Waals surface area contributed by atoms with Gasteiger partial charge in [-0.2, -0.15) is 0 Å². The molecule has 0 amide bonds. The number of aliphatic hydroxyl groups excluding tert-OH is 1. The van der Waals surface area contributed by atoms with Crippen LogP contribution in [0, 0.1) is 17.8 Å². The molecular weight excluding hydrogens is 232 g/mol. The predicted octanol–water partition coefficient (Wildman–Crippen LogP) is 3.93. The van der Waals surface area contributed by atoms with Crippen LogP contribution in [0.1, 0.15) is 38.5 Å². The van der Waals surface area contributed by atoms with Crippen molar-refractivity contribution in [2.24, 2.45) is 17.8 Å². The molecule has 0 saturated heterocycles. The summed E-state index contributed by atoms with van der Waals surface area (Å²) in [6.07, 6.45) is 18.5. The maximum absolute atomic E-state index is 9.85. The van der Waals surface area contributed by atoms with Gasteiger partial charge in [-0.3, -0.25) is 0 Å². The summed E-state index contributed by atoms with van der Waals surface area (Å²) in [4.78, 5) is 0. The minimum Gasteiger partial charge on any atom is -0.393 e. The van der Waals surface area contributed by atoms with Gasteiger partial charge in [0.15, 0.2) is 0 Å². The Morgan fingerprint density at radius 2 is 1.79 bits per heavy atom. The molecule has 2 saturated carbocycles. The molecule has 1 N–H and O–H groups in total. The van der Waals surface area contributed by atoms with Crippen LogP contribution in [0.25, 0.3) is 0 Å². The molecule has 0 radical (unpaired) electrons. The minimum atomic E-state index is -0.0920. The van der Waals surface area contributed by atoms with Gasteiger partial charge in [0.1, 0.15) is 0 Å². The predicted molar refractivity (Wildman–Crippen MR) is 77.6 cm³/mol. The van der Waals surface area contributed by atoms with Crippen LogP contribution in [-0.2, 0) is 0 Å². The van der Waals surface area contributed by atoms with E-state index in [0.717, 1.165) is 30.6 Å². The average molecular weight is 254 g/mol. The fraction of sp³-hybridized carbons (Fsp3) is 0.556. The summed E-state index contributed by atoms with van der Waals surface area (Å²) in [5.74, 6) is 2.23. The van der Waals surface area contributed by atoms with Crippen LogP contribution in [0.15, 0.2) is 47.1 Å².